The molecule has 4 N–H and O–H groups in total. The van der Waals surface area contributed by atoms with Crippen molar-refractivity contribution >= 4 is 5.97 Å². The number of aromatic carboxylic acids is 1. The molecule has 146 valence electrons. The van der Waals surface area contributed by atoms with Gasteiger partial charge in [-0.05, 0) is 30.7 Å². The molecular formula is C19H22O8. The highest BCUT2D eigenvalue weighted by atomic mass is 16.7. The van der Waals surface area contributed by atoms with Gasteiger partial charge in [-0.3, -0.25) is 0 Å². The van der Waals surface area contributed by atoms with Crippen LogP contribution in [0.2, 0.25) is 0 Å². The van der Waals surface area contributed by atoms with Gasteiger partial charge in [0.25, 0.3) is 0 Å². The van der Waals surface area contributed by atoms with Gasteiger partial charge < -0.3 is 34.6 Å². The van der Waals surface area contributed by atoms with Crippen LogP contribution in [-0.4, -0.2) is 70.8 Å². The van der Waals surface area contributed by atoms with E-state index in [4.69, 9.17) is 19.3 Å². The first-order valence-electron chi connectivity index (χ1n) is 8.15. The van der Waals surface area contributed by atoms with E-state index in [2.05, 4.69) is 18.4 Å². The minimum absolute atomic E-state index is 0.00573. The zero-order chi connectivity index (χ0) is 20.1. The molecule has 0 aromatic heterocycles. The smallest absolute Gasteiger partial charge is 0.335 e. The number of allylic oxidation sites excluding steroid dienone is 1. The van der Waals surface area contributed by atoms with Crippen molar-refractivity contribution in [2.75, 3.05) is 13.7 Å². The summed E-state index contributed by atoms with van der Waals surface area (Å²) < 4.78 is 16.2. The van der Waals surface area contributed by atoms with Crippen molar-refractivity contribution in [3.05, 3.63) is 41.5 Å². The molecule has 1 heterocycles. The van der Waals surface area contributed by atoms with Gasteiger partial charge in [0.05, 0.1) is 17.7 Å². The number of aliphatic hydroxyl groups excluding tert-OH is 3. The highest BCUT2D eigenvalue weighted by Crippen LogP contribution is 2.28. The number of ether oxygens (including phenoxy) is 3. The molecule has 1 aromatic rings. The minimum atomic E-state index is -1.46. The Morgan fingerprint density at radius 3 is 2.59 bits per heavy atom. The van der Waals surface area contributed by atoms with Gasteiger partial charge in [-0.1, -0.05) is 18.4 Å². The van der Waals surface area contributed by atoms with Crippen LogP contribution in [0.4, 0.5) is 0 Å². The summed E-state index contributed by atoms with van der Waals surface area (Å²) in [6.07, 6.45) is -5.97. The Balaban J connectivity index is 2.34. The Morgan fingerprint density at radius 1 is 1.33 bits per heavy atom. The van der Waals surface area contributed by atoms with Crippen molar-refractivity contribution < 1.29 is 39.4 Å². The molecule has 1 aliphatic heterocycles. The van der Waals surface area contributed by atoms with Crippen LogP contribution in [0.3, 0.4) is 0 Å². The molecule has 0 aliphatic carbocycles. The topological polar surface area (TPSA) is 126 Å². The Bertz CT molecular complexity index is 761. The lowest BCUT2D eigenvalue weighted by Crippen LogP contribution is -2.60. The van der Waals surface area contributed by atoms with Crippen LogP contribution < -0.4 is 4.74 Å². The lowest BCUT2D eigenvalue weighted by atomic mass is 9.99. The van der Waals surface area contributed by atoms with Gasteiger partial charge >= 0.3 is 5.97 Å². The number of methoxy groups -OCH3 is 1. The van der Waals surface area contributed by atoms with Gasteiger partial charge in [-0.25, -0.2) is 4.79 Å². The van der Waals surface area contributed by atoms with E-state index in [-0.39, 0.29) is 16.9 Å². The summed E-state index contributed by atoms with van der Waals surface area (Å²) >= 11 is 0. The van der Waals surface area contributed by atoms with Gasteiger partial charge in [0.2, 0.25) is 6.29 Å². The third kappa shape index (κ3) is 4.86. The van der Waals surface area contributed by atoms with Crippen LogP contribution >= 0.6 is 0 Å². The van der Waals surface area contributed by atoms with Crippen LogP contribution in [0.1, 0.15) is 22.8 Å². The summed E-state index contributed by atoms with van der Waals surface area (Å²) in [5, 5.41) is 39.0. The number of carboxylic acid groups (broad SMARTS) is 1. The van der Waals surface area contributed by atoms with Gasteiger partial charge in [-0.15, -0.1) is 0 Å². The summed E-state index contributed by atoms with van der Waals surface area (Å²) in [7, 11) is 1.32. The zero-order valence-electron chi connectivity index (χ0n) is 15.0. The molecule has 0 radical (unpaired) electrons. The van der Waals surface area contributed by atoms with E-state index < -0.39 is 43.3 Å². The molecule has 8 heteroatoms. The van der Waals surface area contributed by atoms with Crippen molar-refractivity contribution in [2.24, 2.45) is 0 Å². The molecule has 0 bridgehead atoms. The normalized spacial score (nSPS) is 27.4. The molecule has 0 unspecified atom stereocenters. The fourth-order valence-electron chi connectivity index (χ4n) is 2.60. The predicted molar refractivity (Wildman–Crippen MR) is 94.3 cm³/mol. The summed E-state index contributed by atoms with van der Waals surface area (Å²) in [6.45, 7) is 4.90. The van der Waals surface area contributed by atoms with E-state index >= 15 is 0 Å². The molecule has 0 saturated carbocycles. The molecule has 0 spiro atoms. The lowest BCUT2D eigenvalue weighted by Gasteiger charge is -2.41. The van der Waals surface area contributed by atoms with Crippen molar-refractivity contribution in [3.63, 3.8) is 0 Å². The van der Waals surface area contributed by atoms with Crippen LogP contribution in [0.5, 0.6) is 5.75 Å². The van der Waals surface area contributed by atoms with Crippen molar-refractivity contribution in [1.29, 1.82) is 0 Å². The van der Waals surface area contributed by atoms with Crippen LogP contribution in [-0.2, 0) is 9.47 Å². The summed E-state index contributed by atoms with van der Waals surface area (Å²) in [5.74, 6) is 4.51. The standard InChI is InChI=1S/C19H22O8/c1-10(2)4-5-11-8-12(18(23)24)6-7-13(11)26-19-16(22)15(21)17(25-3)14(9-20)27-19/h6-8,14-17,19-22H,1,9H2,2-3H3,(H,23,24)/t14-,15-,16-,17-,19-/m1/s1. The Morgan fingerprint density at radius 2 is 2.04 bits per heavy atom. The van der Waals surface area contributed by atoms with Crippen LogP contribution in [0, 0.1) is 11.8 Å². The van der Waals surface area contributed by atoms with E-state index in [1.54, 1.807) is 6.92 Å². The van der Waals surface area contributed by atoms with Gasteiger partial charge in [-0.2, -0.15) is 0 Å². The molecule has 1 fully saturated rings. The van der Waals surface area contributed by atoms with Gasteiger partial charge in [0, 0.05) is 7.11 Å². The SMILES string of the molecule is C=C(C)C#Cc1cc(C(=O)O)ccc1O[C@@H]1O[C@H](CO)[C@@H](OC)[C@H](O)[C@H]1O. The second-order valence-corrected chi connectivity index (χ2v) is 6.07. The molecule has 2 rings (SSSR count). The van der Waals surface area contributed by atoms with Crippen LogP contribution in [0.25, 0.3) is 0 Å². The van der Waals surface area contributed by atoms with E-state index in [0.29, 0.717) is 5.57 Å². The largest absolute Gasteiger partial charge is 0.478 e. The van der Waals surface area contributed by atoms with E-state index in [1.165, 1.54) is 25.3 Å². The first-order chi connectivity index (χ1) is 12.8. The molecule has 27 heavy (non-hydrogen) atoms. The van der Waals surface area contributed by atoms with Gasteiger partial charge in [0.1, 0.15) is 30.2 Å². The predicted octanol–water partition coefficient (Wildman–Crippen LogP) is 0.145. The van der Waals surface area contributed by atoms with E-state index in [9.17, 15) is 20.1 Å². The van der Waals surface area contributed by atoms with E-state index in [1.807, 2.05) is 0 Å². The molecular weight excluding hydrogens is 356 g/mol. The average molecular weight is 378 g/mol. The van der Waals surface area contributed by atoms with Crippen molar-refractivity contribution in [1.82, 2.24) is 0 Å². The van der Waals surface area contributed by atoms with Crippen LogP contribution in [0.15, 0.2) is 30.4 Å². The number of rotatable bonds is 5. The Labute approximate surface area is 156 Å². The molecule has 5 atom stereocenters. The second kappa shape index (κ2) is 8.99. The fraction of sp³-hybridized carbons (Fsp3) is 0.421. The highest BCUT2D eigenvalue weighted by molar-refractivity contribution is 5.88. The fourth-order valence-corrected chi connectivity index (χ4v) is 2.60. The Hall–Kier alpha value is -2.41. The molecule has 8 nitrogen and oxygen atoms in total. The molecule has 0 amide bonds. The average Bonchev–Trinajstić information content (AvgIpc) is 2.64. The maximum absolute atomic E-state index is 11.2. The number of carboxylic acids is 1. The maximum atomic E-state index is 11.2. The van der Waals surface area contributed by atoms with Crippen molar-refractivity contribution in [3.8, 4) is 17.6 Å². The second-order valence-electron chi connectivity index (χ2n) is 6.07. The zero-order valence-corrected chi connectivity index (χ0v) is 15.0. The molecule has 1 aromatic carbocycles. The number of hydrogen-bond donors (Lipinski definition) is 4. The number of hydrogen-bond acceptors (Lipinski definition) is 7. The van der Waals surface area contributed by atoms with Crippen molar-refractivity contribution in [2.45, 2.75) is 37.6 Å². The summed E-state index contributed by atoms with van der Waals surface area (Å²) in [4.78, 5) is 11.2. The third-order valence-corrected chi connectivity index (χ3v) is 3.97. The third-order valence-electron chi connectivity index (χ3n) is 3.97. The molecule has 1 aliphatic rings. The first-order valence-corrected chi connectivity index (χ1v) is 8.15. The monoisotopic (exact) mass is 378 g/mol. The first kappa shape index (κ1) is 20.9. The number of benzene rings is 1. The highest BCUT2D eigenvalue weighted by Gasteiger charge is 2.45. The Kier molecular flexibility index (Phi) is 6.96. The number of aliphatic hydroxyl groups is 3. The number of carbonyl (C=O) groups is 1. The summed E-state index contributed by atoms with van der Waals surface area (Å²) in [5.41, 5.74) is 0.818. The van der Waals surface area contributed by atoms with E-state index in [0.717, 1.165) is 0 Å². The summed E-state index contributed by atoms with van der Waals surface area (Å²) in [6, 6.07) is 4.02. The quantitative estimate of drug-likeness (QED) is 0.534. The minimum Gasteiger partial charge on any atom is -0.478 e. The maximum Gasteiger partial charge on any atom is 0.335 e. The molecule has 1 saturated heterocycles. The lowest BCUT2D eigenvalue weighted by molar-refractivity contribution is -0.281. The van der Waals surface area contributed by atoms with Gasteiger partial charge in [0.15, 0.2) is 0 Å².